The van der Waals surface area contributed by atoms with Gasteiger partial charge < -0.3 is 20.3 Å². The molecule has 0 aromatic carbocycles. The van der Waals surface area contributed by atoms with Gasteiger partial charge in [-0.25, -0.2) is 0 Å². The van der Waals surface area contributed by atoms with E-state index in [2.05, 4.69) is 27.4 Å². The minimum absolute atomic E-state index is 0.184. The molecule has 182 valence electrons. The Kier molecular flexibility index (Phi) is 8.69. The number of aliphatic imine (C=N–C) groups is 1. The zero-order valence-corrected chi connectivity index (χ0v) is 20.2. The van der Waals surface area contributed by atoms with Crippen molar-refractivity contribution in [2.45, 2.75) is 89.1 Å². The largest absolute Gasteiger partial charge is 0.379 e. The van der Waals surface area contributed by atoms with E-state index in [-0.39, 0.29) is 11.5 Å². The molecular formula is C25H45N5O2. The van der Waals surface area contributed by atoms with Crippen molar-refractivity contribution < 1.29 is 9.53 Å². The summed E-state index contributed by atoms with van der Waals surface area (Å²) in [5.74, 6) is 1.58. The summed E-state index contributed by atoms with van der Waals surface area (Å²) in [4.78, 5) is 22.8. The first-order valence-corrected chi connectivity index (χ1v) is 13.4. The molecule has 32 heavy (non-hydrogen) atoms. The number of nitrogens with zero attached hydrogens (tertiary/aromatic N) is 3. The van der Waals surface area contributed by atoms with Crippen LogP contribution < -0.4 is 10.6 Å². The SMILES string of the molecule is CCNC(=NCC1(N2CCOCC2)CCCCC1)NC1CCN(C(=O)C2CCCCC2)C1. The van der Waals surface area contributed by atoms with Gasteiger partial charge in [0, 0.05) is 50.2 Å². The summed E-state index contributed by atoms with van der Waals surface area (Å²) in [6.07, 6.45) is 13.3. The molecule has 2 N–H and O–H groups in total. The molecule has 0 spiro atoms. The fourth-order valence-corrected chi connectivity index (χ4v) is 6.25. The molecule has 0 aromatic rings. The van der Waals surface area contributed by atoms with Crippen LogP contribution >= 0.6 is 0 Å². The lowest BCUT2D eigenvalue weighted by Crippen LogP contribution is -2.57. The number of hydrogen-bond donors (Lipinski definition) is 2. The molecule has 1 unspecified atom stereocenters. The van der Waals surface area contributed by atoms with E-state index < -0.39 is 0 Å². The van der Waals surface area contributed by atoms with Gasteiger partial charge >= 0.3 is 0 Å². The Labute approximate surface area is 194 Å². The molecule has 4 aliphatic rings. The van der Waals surface area contributed by atoms with Crippen molar-refractivity contribution in [2.75, 3.05) is 52.5 Å². The molecule has 4 rings (SSSR count). The van der Waals surface area contributed by atoms with Crippen LogP contribution in [0.25, 0.3) is 0 Å². The smallest absolute Gasteiger partial charge is 0.225 e. The molecule has 1 amide bonds. The van der Waals surface area contributed by atoms with Crippen LogP contribution in [-0.4, -0.2) is 85.7 Å². The third-order valence-electron chi connectivity index (χ3n) is 8.14. The highest BCUT2D eigenvalue weighted by atomic mass is 16.5. The summed E-state index contributed by atoms with van der Waals surface area (Å²) in [6, 6.07) is 0.297. The highest BCUT2D eigenvalue weighted by Gasteiger charge is 2.39. The predicted octanol–water partition coefficient (Wildman–Crippen LogP) is 2.76. The lowest BCUT2D eigenvalue weighted by molar-refractivity contribution is -0.135. The van der Waals surface area contributed by atoms with E-state index in [0.717, 1.165) is 77.7 Å². The van der Waals surface area contributed by atoms with Crippen molar-refractivity contribution >= 4 is 11.9 Å². The Morgan fingerprint density at radius 1 is 1.00 bits per heavy atom. The van der Waals surface area contributed by atoms with Crippen LogP contribution in [-0.2, 0) is 9.53 Å². The summed E-state index contributed by atoms with van der Waals surface area (Å²) >= 11 is 0. The number of amides is 1. The van der Waals surface area contributed by atoms with Crippen LogP contribution in [0.5, 0.6) is 0 Å². The van der Waals surface area contributed by atoms with Crippen LogP contribution in [0.15, 0.2) is 4.99 Å². The summed E-state index contributed by atoms with van der Waals surface area (Å²) in [5.41, 5.74) is 0.184. The Hall–Kier alpha value is -1.34. The second-order valence-electron chi connectivity index (χ2n) is 10.3. The van der Waals surface area contributed by atoms with Gasteiger partial charge in [-0.1, -0.05) is 38.5 Å². The fraction of sp³-hybridized carbons (Fsp3) is 0.920. The monoisotopic (exact) mass is 447 g/mol. The number of carbonyl (C=O) groups excluding carboxylic acids is 1. The Balaban J connectivity index is 1.35. The van der Waals surface area contributed by atoms with E-state index in [0.29, 0.717) is 11.9 Å². The van der Waals surface area contributed by atoms with Gasteiger partial charge in [-0.3, -0.25) is 14.7 Å². The van der Waals surface area contributed by atoms with E-state index in [9.17, 15) is 4.79 Å². The van der Waals surface area contributed by atoms with Gasteiger partial charge in [-0.2, -0.15) is 0 Å². The van der Waals surface area contributed by atoms with E-state index in [1.165, 1.54) is 51.4 Å². The normalized spacial score (nSPS) is 28.0. The highest BCUT2D eigenvalue weighted by molar-refractivity contribution is 5.81. The Morgan fingerprint density at radius 2 is 1.72 bits per heavy atom. The summed E-state index contributed by atoms with van der Waals surface area (Å²) < 4.78 is 5.63. The number of carbonyl (C=O) groups is 1. The van der Waals surface area contributed by atoms with Gasteiger partial charge in [0.2, 0.25) is 5.91 Å². The third-order valence-corrected chi connectivity index (χ3v) is 8.14. The van der Waals surface area contributed by atoms with Gasteiger partial charge in [0.1, 0.15) is 0 Å². The summed E-state index contributed by atoms with van der Waals surface area (Å²) in [5, 5.41) is 7.14. The topological polar surface area (TPSA) is 69.2 Å². The number of rotatable bonds is 6. The van der Waals surface area contributed by atoms with Crippen LogP contribution in [0.4, 0.5) is 0 Å². The van der Waals surface area contributed by atoms with Crippen LogP contribution in [0.2, 0.25) is 0 Å². The van der Waals surface area contributed by atoms with Gasteiger partial charge in [0.15, 0.2) is 5.96 Å². The molecule has 0 aromatic heterocycles. The average molecular weight is 448 g/mol. The maximum absolute atomic E-state index is 12.9. The molecule has 7 nitrogen and oxygen atoms in total. The van der Waals surface area contributed by atoms with Crippen LogP contribution in [0, 0.1) is 5.92 Å². The first-order valence-electron chi connectivity index (χ1n) is 13.4. The van der Waals surface area contributed by atoms with Crippen LogP contribution in [0.1, 0.15) is 77.6 Å². The number of likely N-dealkylation sites (tertiary alicyclic amines) is 1. The number of guanidine groups is 1. The number of ether oxygens (including phenoxy) is 1. The first-order chi connectivity index (χ1) is 15.7. The molecule has 7 heteroatoms. The maximum Gasteiger partial charge on any atom is 0.225 e. The third kappa shape index (κ3) is 5.96. The zero-order chi connectivity index (χ0) is 22.2. The van der Waals surface area contributed by atoms with Gasteiger partial charge in [0.25, 0.3) is 0 Å². The van der Waals surface area contributed by atoms with Crippen molar-refractivity contribution in [2.24, 2.45) is 10.9 Å². The Morgan fingerprint density at radius 3 is 2.44 bits per heavy atom. The van der Waals surface area contributed by atoms with Gasteiger partial charge in [-0.15, -0.1) is 0 Å². The fourth-order valence-electron chi connectivity index (χ4n) is 6.25. The number of hydrogen-bond acceptors (Lipinski definition) is 4. The van der Waals surface area contributed by atoms with E-state index >= 15 is 0 Å². The second kappa shape index (κ2) is 11.7. The standard InChI is InChI=1S/C25H45N5O2/c1-2-26-24(27-20-25(12-7-4-8-13-25)30-15-17-32-18-16-30)28-22-11-14-29(19-22)23(31)21-9-5-3-6-10-21/h21-22H,2-20H2,1H3,(H2,26,27,28). The quantitative estimate of drug-likeness (QED) is 0.484. The van der Waals surface area contributed by atoms with Crippen molar-refractivity contribution in [3.05, 3.63) is 0 Å². The van der Waals surface area contributed by atoms with Crippen molar-refractivity contribution in [1.82, 2.24) is 20.4 Å². The van der Waals surface area contributed by atoms with Gasteiger partial charge in [-0.05, 0) is 39.0 Å². The summed E-state index contributed by atoms with van der Waals surface area (Å²) in [7, 11) is 0. The molecule has 0 radical (unpaired) electrons. The molecule has 2 saturated carbocycles. The molecule has 2 saturated heterocycles. The molecule has 0 bridgehead atoms. The molecule has 1 atom stereocenters. The number of nitrogens with one attached hydrogen (secondary N) is 2. The minimum atomic E-state index is 0.184. The van der Waals surface area contributed by atoms with E-state index in [1.807, 2.05) is 0 Å². The van der Waals surface area contributed by atoms with Crippen molar-refractivity contribution in [3.63, 3.8) is 0 Å². The van der Waals surface area contributed by atoms with Crippen LogP contribution in [0.3, 0.4) is 0 Å². The molecule has 2 heterocycles. The molecule has 2 aliphatic heterocycles. The summed E-state index contributed by atoms with van der Waals surface area (Å²) in [6.45, 7) is 9.27. The lowest BCUT2D eigenvalue weighted by Gasteiger charge is -2.47. The molecule has 2 aliphatic carbocycles. The molecule has 4 fully saturated rings. The average Bonchev–Trinajstić information content (AvgIpc) is 3.32. The van der Waals surface area contributed by atoms with Crippen molar-refractivity contribution in [3.8, 4) is 0 Å². The van der Waals surface area contributed by atoms with Gasteiger partial charge in [0.05, 0.1) is 19.8 Å². The first kappa shape index (κ1) is 23.8. The highest BCUT2D eigenvalue weighted by Crippen LogP contribution is 2.34. The van der Waals surface area contributed by atoms with Crippen molar-refractivity contribution in [1.29, 1.82) is 0 Å². The Bertz CT molecular complexity index is 622. The molecular weight excluding hydrogens is 402 g/mol. The number of morpholine rings is 1. The minimum Gasteiger partial charge on any atom is -0.379 e. The van der Waals surface area contributed by atoms with E-state index in [1.54, 1.807) is 0 Å². The lowest BCUT2D eigenvalue weighted by atomic mass is 9.80. The second-order valence-corrected chi connectivity index (χ2v) is 10.3. The zero-order valence-electron chi connectivity index (χ0n) is 20.2. The maximum atomic E-state index is 12.9. The predicted molar refractivity (Wildman–Crippen MR) is 129 cm³/mol. The van der Waals surface area contributed by atoms with E-state index in [4.69, 9.17) is 9.73 Å².